The fourth-order valence-corrected chi connectivity index (χ4v) is 3.41. The van der Waals surface area contributed by atoms with Gasteiger partial charge in [-0.15, -0.1) is 11.3 Å². The second kappa shape index (κ2) is 8.78. The summed E-state index contributed by atoms with van der Waals surface area (Å²) in [7, 11) is 0. The number of thiazole rings is 1. The number of carbonyl (C=O) groups is 2. The molecule has 0 aliphatic heterocycles. The first-order valence-corrected chi connectivity index (χ1v) is 8.71. The quantitative estimate of drug-likeness (QED) is 0.584. The SMILES string of the molecule is C=CCOC(=O)/C(C#N)=c1\s/c(=C\c2ccc(C(=O)O)cc2)c(=O)n1CC. The van der Waals surface area contributed by atoms with Crippen molar-refractivity contribution >= 4 is 34.9 Å². The number of nitrogens with zero attached hydrogens (tertiary/aromatic N) is 2. The van der Waals surface area contributed by atoms with Gasteiger partial charge < -0.3 is 9.84 Å². The minimum atomic E-state index is -1.04. The Kier molecular flexibility index (Phi) is 6.46. The van der Waals surface area contributed by atoms with Gasteiger partial charge in [0.1, 0.15) is 17.3 Å². The number of carbonyl (C=O) groups excluding carboxylic acids is 1. The summed E-state index contributed by atoms with van der Waals surface area (Å²) in [5.74, 6) is -1.86. The molecule has 1 aromatic heterocycles. The first-order valence-electron chi connectivity index (χ1n) is 7.90. The smallest absolute Gasteiger partial charge is 0.352 e. The second-order valence-corrected chi connectivity index (χ2v) is 6.30. The van der Waals surface area contributed by atoms with E-state index in [1.807, 2.05) is 0 Å². The maximum absolute atomic E-state index is 12.6. The van der Waals surface area contributed by atoms with Gasteiger partial charge >= 0.3 is 11.9 Å². The fourth-order valence-electron chi connectivity index (χ4n) is 2.25. The van der Waals surface area contributed by atoms with E-state index in [2.05, 4.69) is 6.58 Å². The van der Waals surface area contributed by atoms with E-state index in [1.54, 1.807) is 31.2 Å². The summed E-state index contributed by atoms with van der Waals surface area (Å²) >= 11 is 1.00. The van der Waals surface area contributed by atoms with Crippen LogP contribution < -0.4 is 14.8 Å². The van der Waals surface area contributed by atoms with Gasteiger partial charge in [-0.1, -0.05) is 24.8 Å². The van der Waals surface area contributed by atoms with Gasteiger partial charge in [-0.3, -0.25) is 9.36 Å². The lowest BCUT2D eigenvalue weighted by Gasteiger charge is -2.00. The number of aromatic nitrogens is 1. The molecular weight excluding hydrogens is 368 g/mol. The molecule has 8 heteroatoms. The van der Waals surface area contributed by atoms with Crippen LogP contribution in [0.4, 0.5) is 0 Å². The number of benzene rings is 1. The molecule has 0 fully saturated rings. The number of aromatic carboxylic acids is 1. The average molecular weight is 384 g/mol. The maximum atomic E-state index is 12.6. The number of hydrogen-bond donors (Lipinski definition) is 1. The van der Waals surface area contributed by atoms with Gasteiger partial charge in [-0.05, 0) is 30.7 Å². The summed E-state index contributed by atoms with van der Waals surface area (Å²) in [5, 5.41) is 18.3. The van der Waals surface area contributed by atoms with Crippen molar-refractivity contribution in [2.75, 3.05) is 6.61 Å². The van der Waals surface area contributed by atoms with Crippen LogP contribution in [0.2, 0.25) is 0 Å². The lowest BCUT2D eigenvalue weighted by atomic mass is 10.1. The third-order valence-corrected chi connectivity index (χ3v) is 4.67. The zero-order chi connectivity index (χ0) is 20.0. The summed E-state index contributed by atoms with van der Waals surface area (Å²) in [5.41, 5.74) is 0.168. The Hall–Kier alpha value is -3.44. The monoisotopic (exact) mass is 384 g/mol. The number of carboxylic acid groups (broad SMARTS) is 1. The largest absolute Gasteiger partial charge is 0.478 e. The molecule has 27 heavy (non-hydrogen) atoms. The van der Waals surface area contributed by atoms with Crippen LogP contribution in [-0.2, 0) is 16.1 Å². The Morgan fingerprint density at radius 3 is 2.56 bits per heavy atom. The Labute approximate surface area is 158 Å². The second-order valence-electron chi connectivity index (χ2n) is 5.27. The molecule has 0 saturated carbocycles. The van der Waals surface area contributed by atoms with Gasteiger partial charge in [0.2, 0.25) is 0 Å². The lowest BCUT2D eigenvalue weighted by Crippen LogP contribution is -2.32. The van der Waals surface area contributed by atoms with Gasteiger partial charge in [0.05, 0.1) is 10.1 Å². The highest BCUT2D eigenvalue weighted by Crippen LogP contribution is 2.05. The van der Waals surface area contributed by atoms with Crippen LogP contribution in [0.5, 0.6) is 0 Å². The molecule has 7 nitrogen and oxygen atoms in total. The van der Waals surface area contributed by atoms with E-state index in [4.69, 9.17) is 9.84 Å². The van der Waals surface area contributed by atoms with Crippen LogP contribution in [0.25, 0.3) is 11.6 Å². The van der Waals surface area contributed by atoms with Crippen LogP contribution in [-0.4, -0.2) is 28.2 Å². The van der Waals surface area contributed by atoms with Crippen molar-refractivity contribution < 1.29 is 19.4 Å². The molecule has 0 bridgehead atoms. The van der Waals surface area contributed by atoms with E-state index in [0.717, 1.165) is 11.3 Å². The predicted octanol–water partition coefficient (Wildman–Crippen LogP) is 0.860. The number of esters is 1. The predicted molar refractivity (Wildman–Crippen MR) is 101 cm³/mol. The van der Waals surface area contributed by atoms with E-state index in [0.29, 0.717) is 10.1 Å². The summed E-state index contributed by atoms with van der Waals surface area (Å²) < 4.78 is 6.77. The van der Waals surface area contributed by atoms with Crippen molar-refractivity contribution in [3.8, 4) is 6.07 Å². The highest BCUT2D eigenvalue weighted by molar-refractivity contribution is 7.07. The Balaban J connectivity index is 2.64. The minimum Gasteiger partial charge on any atom is -0.478 e. The fraction of sp³-hybridized carbons (Fsp3) is 0.158. The Morgan fingerprint density at radius 2 is 2.04 bits per heavy atom. The molecule has 1 N–H and O–H groups in total. The molecule has 0 saturated heterocycles. The van der Waals surface area contributed by atoms with Crippen molar-refractivity contribution in [1.82, 2.24) is 4.57 Å². The van der Waals surface area contributed by atoms with Crippen LogP contribution in [0.1, 0.15) is 22.8 Å². The Morgan fingerprint density at radius 1 is 1.37 bits per heavy atom. The van der Waals surface area contributed by atoms with Crippen LogP contribution in [0.3, 0.4) is 0 Å². The van der Waals surface area contributed by atoms with Crippen LogP contribution in [0.15, 0.2) is 41.7 Å². The minimum absolute atomic E-state index is 0.0410. The Bertz CT molecular complexity index is 1100. The standard InChI is InChI=1S/C19H16N2O5S/c1-3-9-26-19(25)14(11-20)17-21(4-2)16(22)15(27-17)10-12-5-7-13(8-6-12)18(23)24/h3,5-8,10H,1,4,9H2,2H3,(H,23,24)/b15-10-,17-14-. The van der Waals surface area contributed by atoms with Crippen molar-refractivity contribution in [3.05, 3.63) is 67.6 Å². The molecule has 1 aromatic carbocycles. The van der Waals surface area contributed by atoms with Gasteiger partial charge in [0.25, 0.3) is 5.56 Å². The van der Waals surface area contributed by atoms with E-state index in [-0.39, 0.29) is 34.5 Å². The van der Waals surface area contributed by atoms with Gasteiger partial charge in [-0.25, -0.2) is 9.59 Å². The van der Waals surface area contributed by atoms with Crippen molar-refractivity contribution in [2.24, 2.45) is 0 Å². The van der Waals surface area contributed by atoms with Crippen LogP contribution in [0, 0.1) is 11.3 Å². The van der Waals surface area contributed by atoms with Gasteiger partial charge in [-0.2, -0.15) is 5.26 Å². The molecule has 0 amide bonds. The molecule has 138 valence electrons. The number of hydrogen-bond acceptors (Lipinski definition) is 6. The normalized spacial score (nSPS) is 12.2. The highest BCUT2D eigenvalue weighted by Gasteiger charge is 2.16. The molecule has 0 radical (unpaired) electrons. The lowest BCUT2D eigenvalue weighted by molar-refractivity contribution is -0.135. The van der Waals surface area contributed by atoms with Crippen molar-refractivity contribution in [2.45, 2.75) is 13.5 Å². The summed E-state index contributed by atoms with van der Waals surface area (Å²) in [6.07, 6.45) is 2.96. The van der Waals surface area contributed by atoms with Crippen molar-refractivity contribution in [1.29, 1.82) is 5.26 Å². The zero-order valence-electron chi connectivity index (χ0n) is 14.5. The van der Waals surface area contributed by atoms with E-state index < -0.39 is 11.9 Å². The molecule has 0 atom stereocenters. The topological polar surface area (TPSA) is 109 Å². The third-order valence-electron chi connectivity index (χ3n) is 3.54. The van der Waals surface area contributed by atoms with Gasteiger partial charge in [0.15, 0.2) is 5.57 Å². The first-order chi connectivity index (χ1) is 12.9. The first kappa shape index (κ1) is 19.9. The molecule has 0 spiro atoms. The molecule has 0 aliphatic carbocycles. The van der Waals surface area contributed by atoms with Crippen LogP contribution >= 0.6 is 11.3 Å². The zero-order valence-corrected chi connectivity index (χ0v) is 15.3. The molecule has 1 heterocycles. The van der Waals surface area contributed by atoms with E-state index in [1.165, 1.54) is 22.8 Å². The highest BCUT2D eigenvalue weighted by atomic mass is 32.1. The van der Waals surface area contributed by atoms with Gasteiger partial charge in [0, 0.05) is 6.54 Å². The third kappa shape index (κ3) is 4.40. The van der Waals surface area contributed by atoms with E-state index >= 15 is 0 Å². The maximum Gasteiger partial charge on any atom is 0.352 e. The summed E-state index contributed by atoms with van der Waals surface area (Å²) in [6, 6.07) is 7.82. The summed E-state index contributed by atoms with van der Waals surface area (Å²) in [6.45, 7) is 5.41. The molecule has 2 rings (SSSR count). The van der Waals surface area contributed by atoms with E-state index in [9.17, 15) is 19.6 Å². The number of carboxylic acids is 1. The number of ether oxygens (including phenoxy) is 1. The molecular formula is C19H16N2O5S. The molecule has 0 unspecified atom stereocenters. The molecule has 0 aliphatic rings. The number of rotatable bonds is 6. The summed E-state index contributed by atoms with van der Waals surface area (Å²) in [4.78, 5) is 35.6. The average Bonchev–Trinajstić information content (AvgIpc) is 2.96. The molecule has 2 aromatic rings. The van der Waals surface area contributed by atoms with Crippen molar-refractivity contribution in [3.63, 3.8) is 0 Å². The number of nitriles is 1.